The van der Waals surface area contributed by atoms with Gasteiger partial charge in [-0.25, -0.2) is 0 Å². The van der Waals surface area contributed by atoms with E-state index >= 15 is 0 Å². The Kier molecular flexibility index (Phi) is 9.37. The average Bonchev–Trinajstić information content (AvgIpc) is 2.46. The van der Waals surface area contributed by atoms with Crippen LogP contribution in [0.4, 0.5) is 0 Å². The SMILES string of the molecule is CCCCCCCCCC(Cl)c1ccc(OC)c(Br)c1. The van der Waals surface area contributed by atoms with Crippen molar-refractivity contribution in [2.75, 3.05) is 7.11 Å². The van der Waals surface area contributed by atoms with E-state index in [9.17, 15) is 0 Å². The zero-order valence-corrected chi connectivity index (χ0v) is 15.0. The van der Waals surface area contributed by atoms with Gasteiger partial charge in [0, 0.05) is 0 Å². The smallest absolute Gasteiger partial charge is 0.133 e. The molecule has 0 N–H and O–H groups in total. The first-order chi connectivity index (χ1) is 9.69. The highest BCUT2D eigenvalue weighted by Crippen LogP contribution is 2.33. The van der Waals surface area contributed by atoms with Crippen molar-refractivity contribution in [1.29, 1.82) is 0 Å². The molecule has 3 heteroatoms. The summed E-state index contributed by atoms with van der Waals surface area (Å²) in [6, 6.07) is 6.10. The van der Waals surface area contributed by atoms with Gasteiger partial charge in [-0.15, -0.1) is 11.6 Å². The van der Waals surface area contributed by atoms with Crippen LogP contribution in [0.1, 0.15) is 69.2 Å². The minimum Gasteiger partial charge on any atom is -0.496 e. The summed E-state index contributed by atoms with van der Waals surface area (Å²) < 4.78 is 6.21. The quantitative estimate of drug-likeness (QED) is 0.326. The molecule has 1 atom stereocenters. The van der Waals surface area contributed by atoms with Crippen molar-refractivity contribution in [3.63, 3.8) is 0 Å². The van der Waals surface area contributed by atoms with Gasteiger partial charge in [0.05, 0.1) is 17.0 Å². The highest BCUT2D eigenvalue weighted by atomic mass is 79.9. The third-order valence-electron chi connectivity index (χ3n) is 3.60. The van der Waals surface area contributed by atoms with Crippen LogP contribution >= 0.6 is 27.5 Å². The molecule has 0 bridgehead atoms. The van der Waals surface area contributed by atoms with Crippen LogP contribution in [0, 0.1) is 0 Å². The number of unbranched alkanes of at least 4 members (excludes halogenated alkanes) is 6. The molecule has 0 saturated carbocycles. The fraction of sp³-hybridized carbons (Fsp3) is 0.647. The molecule has 0 amide bonds. The molecule has 0 saturated heterocycles. The standard InChI is InChI=1S/C17H26BrClO/c1-3-4-5-6-7-8-9-10-16(19)14-11-12-17(20-2)15(18)13-14/h11-13,16H,3-10H2,1-2H3. The molecule has 1 aromatic rings. The van der Waals surface area contributed by atoms with Gasteiger partial charge in [-0.2, -0.15) is 0 Å². The van der Waals surface area contributed by atoms with E-state index in [-0.39, 0.29) is 5.38 Å². The number of rotatable bonds is 10. The maximum atomic E-state index is 6.47. The van der Waals surface area contributed by atoms with Crippen LogP contribution in [0.15, 0.2) is 22.7 Å². The Morgan fingerprint density at radius 3 is 2.35 bits per heavy atom. The molecular weight excluding hydrogens is 336 g/mol. The Hall–Kier alpha value is -0.210. The second-order valence-electron chi connectivity index (χ2n) is 5.27. The lowest BCUT2D eigenvalue weighted by Gasteiger charge is -2.12. The molecule has 0 aliphatic rings. The van der Waals surface area contributed by atoms with Crippen molar-refractivity contribution in [3.8, 4) is 5.75 Å². The van der Waals surface area contributed by atoms with Crippen LogP contribution in [-0.2, 0) is 0 Å². The second-order valence-corrected chi connectivity index (χ2v) is 6.65. The van der Waals surface area contributed by atoms with Crippen LogP contribution in [0.5, 0.6) is 5.75 Å². The summed E-state index contributed by atoms with van der Waals surface area (Å²) in [5, 5.41) is 0.104. The topological polar surface area (TPSA) is 9.23 Å². The largest absolute Gasteiger partial charge is 0.496 e. The fourth-order valence-corrected chi connectivity index (χ4v) is 3.17. The van der Waals surface area contributed by atoms with Gasteiger partial charge in [0.2, 0.25) is 0 Å². The lowest BCUT2D eigenvalue weighted by Crippen LogP contribution is -1.93. The minimum absolute atomic E-state index is 0.104. The number of methoxy groups -OCH3 is 1. The molecule has 20 heavy (non-hydrogen) atoms. The number of hydrogen-bond donors (Lipinski definition) is 0. The maximum absolute atomic E-state index is 6.47. The molecular formula is C17H26BrClO. The van der Waals surface area contributed by atoms with Gasteiger partial charge in [0.25, 0.3) is 0 Å². The molecule has 114 valence electrons. The Morgan fingerprint density at radius 1 is 1.10 bits per heavy atom. The van der Waals surface area contributed by atoms with Gasteiger partial charge in [0.15, 0.2) is 0 Å². The molecule has 1 rings (SSSR count). The minimum atomic E-state index is 0.104. The van der Waals surface area contributed by atoms with Crippen LogP contribution < -0.4 is 4.74 Å². The van der Waals surface area contributed by atoms with Gasteiger partial charge in [0.1, 0.15) is 5.75 Å². The summed E-state index contributed by atoms with van der Waals surface area (Å²) >= 11 is 9.98. The monoisotopic (exact) mass is 360 g/mol. The predicted octanol–water partition coefficient (Wildman–Crippen LogP) is 6.88. The number of hydrogen-bond acceptors (Lipinski definition) is 1. The summed E-state index contributed by atoms with van der Waals surface area (Å²) in [7, 11) is 1.68. The normalized spacial score (nSPS) is 12.4. The predicted molar refractivity (Wildman–Crippen MR) is 91.9 cm³/mol. The molecule has 0 aliphatic carbocycles. The second kappa shape index (κ2) is 10.5. The van der Waals surface area contributed by atoms with E-state index in [1.807, 2.05) is 6.07 Å². The first kappa shape index (κ1) is 17.8. The Balaban J connectivity index is 2.25. The molecule has 0 aromatic heterocycles. The molecule has 0 spiro atoms. The van der Waals surface area contributed by atoms with Crippen molar-refractivity contribution >= 4 is 27.5 Å². The Labute approximate surface area is 137 Å². The number of benzene rings is 1. The van der Waals surface area contributed by atoms with Crippen molar-refractivity contribution in [2.45, 2.75) is 63.7 Å². The lowest BCUT2D eigenvalue weighted by atomic mass is 10.0. The highest BCUT2D eigenvalue weighted by Gasteiger charge is 2.10. The molecule has 0 aliphatic heterocycles. The first-order valence-corrected chi connectivity index (χ1v) is 8.89. The molecule has 0 fully saturated rings. The van der Waals surface area contributed by atoms with Gasteiger partial charge >= 0.3 is 0 Å². The van der Waals surface area contributed by atoms with Gasteiger partial charge < -0.3 is 4.74 Å². The van der Waals surface area contributed by atoms with Crippen molar-refractivity contribution in [2.24, 2.45) is 0 Å². The van der Waals surface area contributed by atoms with Crippen LogP contribution in [0.2, 0.25) is 0 Å². The fourth-order valence-electron chi connectivity index (χ4n) is 2.32. The van der Waals surface area contributed by atoms with Crippen LogP contribution in [-0.4, -0.2) is 7.11 Å². The summed E-state index contributed by atoms with van der Waals surface area (Å²) in [6.07, 6.45) is 10.3. The van der Waals surface area contributed by atoms with Gasteiger partial charge in [-0.3, -0.25) is 0 Å². The van der Waals surface area contributed by atoms with Crippen molar-refractivity contribution in [3.05, 3.63) is 28.2 Å². The van der Waals surface area contributed by atoms with Gasteiger partial charge in [-0.05, 0) is 40.0 Å². The number of ether oxygens (including phenoxy) is 1. The van der Waals surface area contributed by atoms with Crippen molar-refractivity contribution in [1.82, 2.24) is 0 Å². The zero-order valence-electron chi connectivity index (χ0n) is 12.6. The van der Waals surface area contributed by atoms with E-state index in [4.69, 9.17) is 16.3 Å². The molecule has 0 heterocycles. The first-order valence-electron chi connectivity index (χ1n) is 7.66. The third-order valence-corrected chi connectivity index (χ3v) is 4.69. The lowest BCUT2D eigenvalue weighted by molar-refractivity contribution is 0.412. The number of halogens is 2. The molecule has 1 unspecified atom stereocenters. The summed E-state index contributed by atoms with van der Waals surface area (Å²) in [5.41, 5.74) is 1.17. The van der Waals surface area contributed by atoms with E-state index in [1.54, 1.807) is 7.11 Å². The van der Waals surface area contributed by atoms with E-state index in [0.717, 1.165) is 16.6 Å². The summed E-state index contributed by atoms with van der Waals surface area (Å²) in [5.74, 6) is 0.855. The summed E-state index contributed by atoms with van der Waals surface area (Å²) in [4.78, 5) is 0. The van der Waals surface area contributed by atoms with Crippen LogP contribution in [0.25, 0.3) is 0 Å². The van der Waals surface area contributed by atoms with E-state index in [1.165, 1.54) is 50.5 Å². The number of alkyl halides is 1. The zero-order chi connectivity index (χ0) is 14.8. The summed E-state index contributed by atoms with van der Waals surface area (Å²) in [6.45, 7) is 2.26. The van der Waals surface area contributed by atoms with Crippen molar-refractivity contribution < 1.29 is 4.74 Å². The average molecular weight is 362 g/mol. The van der Waals surface area contributed by atoms with E-state index in [2.05, 4.69) is 35.0 Å². The van der Waals surface area contributed by atoms with Crippen LogP contribution in [0.3, 0.4) is 0 Å². The third kappa shape index (κ3) is 6.49. The highest BCUT2D eigenvalue weighted by molar-refractivity contribution is 9.10. The van der Waals surface area contributed by atoms with Gasteiger partial charge in [-0.1, -0.05) is 57.9 Å². The maximum Gasteiger partial charge on any atom is 0.133 e. The van der Waals surface area contributed by atoms with E-state index < -0.39 is 0 Å². The van der Waals surface area contributed by atoms with E-state index in [0.29, 0.717) is 0 Å². The Bertz CT molecular complexity index is 381. The molecule has 1 nitrogen and oxygen atoms in total. The Morgan fingerprint density at radius 2 is 1.75 bits per heavy atom. The molecule has 0 radical (unpaired) electrons. The molecule has 1 aromatic carbocycles.